The highest BCUT2D eigenvalue weighted by atomic mass is 35.5. The summed E-state index contributed by atoms with van der Waals surface area (Å²) < 4.78 is 7.73. The van der Waals surface area contributed by atoms with Crippen LogP contribution in [-0.4, -0.2) is 14.8 Å². The Morgan fingerprint density at radius 3 is 2.84 bits per heavy atom. The lowest BCUT2D eigenvalue weighted by molar-refractivity contribution is 0.493. The summed E-state index contributed by atoms with van der Waals surface area (Å²) in [5.41, 5.74) is 0.836. The third-order valence-corrected chi connectivity index (χ3v) is 3.41. The van der Waals surface area contributed by atoms with Crippen molar-refractivity contribution in [2.24, 2.45) is 0 Å². The molecular formula is C13H10ClN3OS. The molecule has 0 saturated heterocycles. The molecule has 0 fully saturated rings. The van der Waals surface area contributed by atoms with E-state index in [9.17, 15) is 0 Å². The fourth-order valence-corrected chi connectivity index (χ4v) is 2.29. The maximum Gasteiger partial charge on any atom is 0.195 e. The van der Waals surface area contributed by atoms with Gasteiger partial charge in [0.2, 0.25) is 0 Å². The summed E-state index contributed by atoms with van der Waals surface area (Å²) in [5, 5.41) is 7.67. The van der Waals surface area contributed by atoms with Crippen LogP contribution < -0.4 is 0 Å². The van der Waals surface area contributed by atoms with E-state index in [0.29, 0.717) is 22.2 Å². The molecule has 0 unspecified atom stereocenters. The van der Waals surface area contributed by atoms with Gasteiger partial charge in [0.1, 0.15) is 5.76 Å². The van der Waals surface area contributed by atoms with Crippen molar-refractivity contribution >= 4 is 23.8 Å². The van der Waals surface area contributed by atoms with Crippen LogP contribution in [0.1, 0.15) is 5.76 Å². The largest absolute Gasteiger partial charge is 0.467 e. The van der Waals surface area contributed by atoms with Gasteiger partial charge in [-0.2, -0.15) is 5.10 Å². The molecule has 1 aromatic carbocycles. The Bertz CT molecular complexity index is 745. The molecule has 3 rings (SSSR count). The summed E-state index contributed by atoms with van der Waals surface area (Å²) in [4.78, 5) is 0. The minimum atomic E-state index is 0.517. The molecule has 1 N–H and O–H groups in total. The Labute approximate surface area is 119 Å². The van der Waals surface area contributed by atoms with Crippen LogP contribution in [0.25, 0.3) is 11.4 Å². The number of rotatable bonds is 3. The molecule has 0 spiro atoms. The summed E-state index contributed by atoms with van der Waals surface area (Å²) in [5.74, 6) is 1.51. The van der Waals surface area contributed by atoms with Crippen molar-refractivity contribution in [1.82, 2.24) is 14.8 Å². The van der Waals surface area contributed by atoms with Crippen LogP contribution >= 0.6 is 23.8 Å². The molecule has 0 atom stereocenters. The molecule has 2 heterocycles. The van der Waals surface area contributed by atoms with Crippen molar-refractivity contribution in [2.45, 2.75) is 6.54 Å². The molecule has 96 valence electrons. The SMILES string of the molecule is S=c1[nH]nc(-c2ccccc2Cl)n1Cc1ccco1. The van der Waals surface area contributed by atoms with E-state index in [4.69, 9.17) is 28.2 Å². The zero-order valence-electron chi connectivity index (χ0n) is 9.84. The first kappa shape index (κ1) is 12.2. The minimum absolute atomic E-state index is 0.517. The molecule has 0 amide bonds. The second kappa shape index (κ2) is 5.03. The summed E-state index contributed by atoms with van der Waals surface area (Å²) in [6.45, 7) is 0.517. The third kappa shape index (κ3) is 2.34. The fraction of sp³-hybridized carbons (Fsp3) is 0.0769. The fourth-order valence-electron chi connectivity index (χ4n) is 1.87. The Morgan fingerprint density at radius 1 is 1.26 bits per heavy atom. The molecule has 0 radical (unpaired) electrons. The van der Waals surface area contributed by atoms with Crippen LogP contribution in [-0.2, 0) is 6.54 Å². The molecule has 3 aromatic rings. The number of H-pyrrole nitrogens is 1. The van der Waals surface area contributed by atoms with E-state index >= 15 is 0 Å². The Hall–Kier alpha value is -1.85. The number of nitrogens with one attached hydrogen (secondary N) is 1. The maximum absolute atomic E-state index is 6.20. The van der Waals surface area contributed by atoms with Gasteiger partial charge in [-0.15, -0.1) is 0 Å². The lowest BCUT2D eigenvalue weighted by atomic mass is 10.2. The van der Waals surface area contributed by atoms with Crippen molar-refractivity contribution in [3.05, 3.63) is 58.2 Å². The van der Waals surface area contributed by atoms with Crippen molar-refractivity contribution in [2.75, 3.05) is 0 Å². The molecule has 19 heavy (non-hydrogen) atoms. The zero-order chi connectivity index (χ0) is 13.2. The topological polar surface area (TPSA) is 46.8 Å². The lowest BCUT2D eigenvalue weighted by Gasteiger charge is -2.06. The monoisotopic (exact) mass is 291 g/mol. The highest BCUT2D eigenvalue weighted by Gasteiger charge is 2.12. The smallest absolute Gasteiger partial charge is 0.195 e. The molecule has 2 aromatic heterocycles. The van der Waals surface area contributed by atoms with Gasteiger partial charge < -0.3 is 4.42 Å². The van der Waals surface area contributed by atoms with Crippen LogP contribution in [0.5, 0.6) is 0 Å². The van der Waals surface area contributed by atoms with Crippen LogP contribution in [0.2, 0.25) is 5.02 Å². The third-order valence-electron chi connectivity index (χ3n) is 2.77. The predicted octanol–water partition coefficient (Wildman–Crippen LogP) is 3.90. The van der Waals surface area contributed by atoms with Gasteiger partial charge >= 0.3 is 0 Å². The molecule has 6 heteroatoms. The average Bonchev–Trinajstić information content (AvgIpc) is 3.03. The van der Waals surface area contributed by atoms with E-state index in [-0.39, 0.29) is 0 Å². The lowest BCUT2D eigenvalue weighted by Crippen LogP contribution is -2.01. The minimum Gasteiger partial charge on any atom is -0.467 e. The van der Waals surface area contributed by atoms with Crippen LogP contribution in [0.4, 0.5) is 0 Å². The zero-order valence-corrected chi connectivity index (χ0v) is 11.4. The Morgan fingerprint density at radius 2 is 2.11 bits per heavy atom. The van der Waals surface area contributed by atoms with Gasteiger partial charge in [0.25, 0.3) is 0 Å². The molecular weight excluding hydrogens is 282 g/mol. The van der Waals surface area contributed by atoms with E-state index < -0.39 is 0 Å². The summed E-state index contributed by atoms with van der Waals surface area (Å²) in [7, 11) is 0. The van der Waals surface area contributed by atoms with E-state index in [1.54, 1.807) is 6.26 Å². The van der Waals surface area contributed by atoms with Gasteiger partial charge in [0.05, 0.1) is 17.8 Å². The van der Waals surface area contributed by atoms with E-state index in [0.717, 1.165) is 11.3 Å². The number of hydrogen-bond donors (Lipinski definition) is 1. The Balaban J connectivity index is 2.09. The van der Waals surface area contributed by atoms with Gasteiger partial charge in [0, 0.05) is 5.56 Å². The highest BCUT2D eigenvalue weighted by Crippen LogP contribution is 2.26. The first-order valence-electron chi connectivity index (χ1n) is 5.68. The number of hydrogen-bond acceptors (Lipinski definition) is 3. The first-order valence-corrected chi connectivity index (χ1v) is 6.47. The first-order chi connectivity index (χ1) is 9.25. The van der Waals surface area contributed by atoms with E-state index in [2.05, 4.69) is 10.2 Å². The number of furan rings is 1. The van der Waals surface area contributed by atoms with Gasteiger partial charge in [-0.05, 0) is 36.5 Å². The highest BCUT2D eigenvalue weighted by molar-refractivity contribution is 7.71. The normalized spacial score (nSPS) is 10.8. The number of halogens is 1. The van der Waals surface area contributed by atoms with Gasteiger partial charge in [-0.1, -0.05) is 23.7 Å². The molecule has 0 aliphatic rings. The number of benzene rings is 1. The number of aromatic amines is 1. The Kier molecular flexibility index (Phi) is 3.23. The van der Waals surface area contributed by atoms with Crippen molar-refractivity contribution < 1.29 is 4.42 Å². The van der Waals surface area contributed by atoms with Crippen LogP contribution in [0.15, 0.2) is 47.1 Å². The standard InChI is InChI=1S/C13H10ClN3OS/c14-11-6-2-1-5-10(11)12-15-16-13(19)17(12)8-9-4-3-7-18-9/h1-7H,8H2,(H,16,19). The van der Waals surface area contributed by atoms with Crippen LogP contribution in [0, 0.1) is 4.77 Å². The van der Waals surface area contributed by atoms with Gasteiger partial charge in [0.15, 0.2) is 10.6 Å². The molecule has 0 bridgehead atoms. The van der Waals surface area contributed by atoms with Crippen molar-refractivity contribution in [3.8, 4) is 11.4 Å². The van der Waals surface area contributed by atoms with Crippen LogP contribution in [0.3, 0.4) is 0 Å². The molecule has 4 nitrogen and oxygen atoms in total. The van der Waals surface area contributed by atoms with Gasteiger partial charge in [-0.3, -0.25) is 9.67 Å². The van der Waals surface area contributed by atoms with Gasteiger partial charge in [-0.25, -0.2) is 0 Å². The van der Waals surface area contributed by atoms with Crippen molar-refractivity contribution in [3.63, 3.8) is 0 Å². The predicted molar refractivity (Wildman–Crippen MR) is 75.7 cm³/mol. The summed E-state index contributed by atoms with van der Waals surface area (Å²) >= 11 is 11.4. The molecule has 0 saturated carbocycles. The summed E-state index contributed by atoms with van der Waals surface area (Å²) in [6, 6.07) is 11.3. The van der Waals surface area contributed by atoms with E-state index in [1.165, 1.54) is 0 Å². The number of nitrogens with zero attached hydrogens (tertiary/aromatic N) is 2. The summed E-state index contributed by atoms with van der Waals surface area (Å²) in [6.07, 6.45) is 1.63. The number of aromatic nitrogens is 3. The second-order valence-electron chi connectivity index (χ2n) is 4.00. The quantitative estimate of drug-likeness (QED) is 0.744. The molecule has 0 aliphatic carbocycles. The molecule has 0 aliphatic heterocycles. The average molecular weight is 292 g/mol. The van der Waals surface area contributed by atoms with E-state index in [1.807, 2.05) is 41.0 Å². The maximum atomic E-state index is 6.20. The van der Waals surface area contributed by atoms with Crippen molar-refractivity contribution in [1.29, 1.82) is 0 Å². The second-order valence-corrected chi connectivity index (χ2v) is 4.79.